The molecule has 0 N–H and O–H groups in total. The molecule has 0 aliphatic carbocycles. The molecule has 2 amide bonds. The molecule has 7 nitrogen and oxygen atoms in total. The fraction of sp³-hybridized carbons (Fsp3) is 0.469. The number of piperidine rings is 1. The van der Waals surface area contributed by atoms with E-state index in [9.17, 15) is 9.59 Å². The zero-order chi connectivity index (χ0) is 26.8. The van der Waals surface area contributed by atoms with Gasteiger partial charge in [-0.15, -0.1) is 12.4 Å². The largest absolute Gasteiger partial charge is 0.342 e. The smallest absolute Gasteiger partial charge is 0.229 e. The highest BCUT2D eigenvalue weighted by molar-refractivity contribution is 5.85. The van der Waals surface area contributed by atoms with Gasteiger partial charge in [-0.05, 0) is 67.6 Å². The fourth-order valence-electron chi connectivity index (χ4n) is 6.96. The van der Waals surface area contributed by atoms with Crippen molar-refractivity contribution in [2.24, 2.45) is 11.3 Å². The molecule has 3 aromatic rings. The molecule has 2 atom stereocenters. The topological polar surface area (TPSA) is 61.7 Å². The highest BCUT2D eigenvalue weighted by Crippen LogP contribution is 2.43. The van der Waals surface area contributed by atoms with Crippen molar-refractivity contribution < 1.29 is 9.59 Å². The summed E-state index contributed by atoms with van der Waals surface area (Å²) in [7, 11) is 0. The van der Waals surface area contributed by atoms with Gasteiger partial charge in [0.05, 0.1) is 11.1 Å². The van der Waals surface area contributed by atoms with Crippen molar-refractivity contribution in [3.05, 3.63) is 84.2 Å². The van der Waals surface area contributed by atoms with Crippen LogP contribution in [-0.2, 0) is 16.1 Å². The van der Waals surface area contributed by atoms with Crippen molar-refractivity contribution in [1.29, 1.82) is 0 Å². The molecule has 3 aliphatic heterocycles. The summed E-state index contributed by atoms with van der Waals surface area (Å²) in [6, 6.07) is 20.9. The van der Waals surface area contributed by atoms with E-state index in [-0.39, 0.29) is 23.7 Å². The first-order chi connectivity index (χ1) is 19.0. The molecule has 0 unspecified atom stereocenters. The second-order valence-corrected chi connectivity index (χ2v) is 11.6. The third-order valence-corrected chi connectivity index (χ3v) is 9.31. The number of benzene rings is 2. The quantitative estimate of drug-likeness (QED) is 0.417. The van der Waals surface area contributed by atoms with Crippen LogP contribution in [0.25, 0.3) is 5.69 Å². The summed E-state index contributed by atoms with van der Waals surface area (Å²) in [6.45, 7) is 8.02. The maximum absolute atomic E-state index is 13.6. The first-order valence-corrected chi connectivity index (χ1v) is 14.5. The zero-order valence-corrected chi connectivity index (χ0v) is 24.1. The Morgan fingerprint density at radius 3 is 2.35 bits per heavy atom. The second kappa shape index (κ2) is 12.1. The average molecular weight is 562 g/mol. The molecular formula is C32H40ClN5O2. The summed E-state index contributed by atoms with van der Waals surface area (Å²) in [5.41, 5.74) is 3.32. The van der Waals surface area contributed by atoms with Crippen molar-refractivity contribution in [3.8, 4) is 5.69 Å². The fourth-order valence-corrected chi connectivity index (χ4v) is 6.96. The maximum Gasteiger partial charge on any atom is 0.229 e. The predicted octanol–water partition coefficient (Wildman–Crippen LogP) is 4.76. The number of carbonyl (C=O) groups excluding carboxylic acids is 2. The summed E-state index contributed by atoms with van der Waals surface area (Å²) in [5, 5.41) is 4.29. The Labute approximate surface area is 243 Å². The molecule has 40 heavy (non-hydrogen) atoms. The molecule has 1 aromatic heterocycles. The van der Waals surface area contributed by atoms with E-state index in [4.69, 9.17) is 0 Å². The van der Waals surface area contributed by atoms with Crippen LogP contribution in [0.2, 0.25) is 0 Å². The van der Waals surface area contributed by atoms with Crippen LogP contribution in [0, 0.1) is 11.3 Å². The molecule has 8 heteroatoms. The van der Waals surface area contributed by atoms with Gasteiger partial charge in [-0.3, -0.25) is 9.59 Å². The standard InChI is InChI=1S/C32H39N5O2.ClH/c1-2-30(38)36-23-27(29(24-36)26-7-4-3-5-8-26)22-34-18-13-32(14-19-34)15-20-35(31(32)39)21-25-9-11-28(12-10-25)37-17-6-16-33-37;/h3-12,16-17,27,29H,2,13-15,18-24H2,1H3;1H/t27-,29+;/m0./s1. The number of halogens is 1. The number of hydrogen-bond acceptors (Lipinski definition) is 4. The normalized spacial score (nSPS) is 22.6. The van der Waals surface area contributed by atoms with E-state index < -0.39 is 0 Å². The zero-order valence-electron chi connectivity index (χ0n) is 23.3. The molecule has 3 aliphatic rings. The van der Waals surface area contributed by atoms with Crippen LogP contribution in [0.3, 0.4) is 0 Å². The van der Waals surface area contributed by atoms with Gasteiger partial charge in [0, 0.05) is 57.5 Å². The van der Waals surface area contributed by atoms with Crippen LogP contribution in [0.5, 0.6) is 0 Å². The van der Waals surface area contributed by atoms with Gasteiger partial charge < -0.3 is 14.7 Å². The lowest BCUT2D eigenvalue weighted by Gasteiger charge is -2.39. The molecule has 2 aromatic carbocycles. The van der Waals surface area contributed by atoms with Crippen LogP contribution in [0.4, 0.5) is 0 Å². The Kier molecular flexibility index (Phi) is 8.62. The molecule has 212 valence electrons. The van der Waals surface area contributed by atoms with E-state index in [2.05, 4.69) is 74.4 Å². The molecule has 0 bridgehead atoms. The van der Waals surface area contributed by atoms with Crippen LogP contribution in [0.1, 0.15) is 49.7 Å². The predicted molar refractivity (Wildman–Crippen MR) is 158 cm³/mol. The molecule has 1 spiro atoms. The van der Waals surface area contributed by atoms with Crippen LogP contribution < -0.4 is 0 Å². The van der Waals surface area contributed by atoms with E-state index in [0.717, 1.165) is 69.8 Å². The first-order valence-electron chi connectivity index (χ1n) is 14.5. The van der Waals surface area contributed by atoms with E-state index >= 15 is 0 Å². The molecule has 4 heterocycles. The summed E-state index contributed by atoms with van der Waals surface area (Å²) in [6.07, 6.45) is 7.10. The minimum Gasteiger partial charge on any atom is -0.342 e. The molecule has 3 saturated heterocycles. The van der Waals surface area contributed by atoms with Crippen molar-refractivity contribution in [2.75, 3.05) is 39.3 Å². The Balaban J connectivity index is 0.00000323. The Morgan fingerprint density at radius 2 is 1.68 bits per heavy atom. The van der Waals surface area contributed by atoms with Gasteiger partial charge in [-0.25, -0.2) is 4.68 Å². The number of hydrogen-bond donors (Lipinski definition) is 0. The van der Waals surface area contributed by atoms with Gasteiger partial charge >= 0.3 is 0 Å². The Morgan fingerprint density at radius 1 is 0.950 bits per heavy atom. The monoisotopic (exact) mass is 561 g/mol. The third kappa shape index (κ3) is 5.68. The van der Waals surface area contributed by atoms with Crippen molar-refractivity contribution in [1.82, 2.24) is 24.5 Å². The van der Waals surface area contributed by atoms with E-state index in [0.29, 0.717) is 30.7 Å². The van der Waals surface area contributed by atoms with Crippen molar-refractivity contribution in [3.63, 3.8) is 0 Å². The highest BCUT2D eigenvalue weighted by Gasteiger charge is 2.48. The number of aromatic nitrogens is 2. The van der Waals surface area contributed by atoms with Crippen LogP contribution >= 0.6 is 12.4 Å². The number of carbonyl (C=O) groups is 2. The summed E-state index contributed by atoms with van der Waals surface area (Å²) < 4.78 is 1.85. The second-order valence-electron chi connectivity index (χ2n) is 11.6. The average Bonchev–Trinajstić information content (AvgIpc) is 3.73. The Hall–Kier alpha value is -3.16. The van der Waals surface area contributed by atoms with Gasteiger partial charge in [0.1, 0.15) is 0 Å². The molecule has 6 rings (SSSR count). The molecule has 0 radical (unpaired) electrons. The summed E-state index contributed by atoms with van der Waals surface area (Å²) in [4.78, 5) is 32.8. The van der Waals surface area contributed by atoms with Gasteiger partial charge in [0.25, 0.3) is 0 Å². The van der Waals surface area contributed by atoms with Crippen molar-refractivity contribution in [2.45, 2.75) is 45.1 Å². The van der Waals surface area contributed by atoms with E-state index in [1.54, 1.807) is 6.20 Å². The molecular weight excluding hydrogens is 522 g/mol. The molecule has 3 fully saturated rings. The first kappa shape index (κ1) is 28.4. The van der Waals surface area contributed by atoms with E-state index in [1.165, 1.54) is 5.56 Å². The lowest BCUT2D eigenvalue weighted by atomic mass is 9.76. The molecule has 0 saturated carbocycles. The number of nitrogens with zero attached hydrogens (tertiary/aromatic N) is 5. The van der Waals surface area contributed by atoms with Gasteiger partial charge in [-0.1, -0.05) is 49.4 Å². The van der Waals surface area contributed by atoms with Gasteiger partial charge in [-0.2, -0.15) is 5.10 Å². The van der Waals surface area contributed by atoms with Crippen LogP contribution in [0.15, 0.2) is 73.1 Å². The number of rotatable bonds is 7. The SMILES string of the molecule is CCC(=O)N1C[C@H](CN2CCC3(CC2)CCN(Cc2ccc(-n4cccn4)cc2)C3=O)[C@@H](c2ccccc2)C1.Cl. The van der Waals surface area contributed by atoms with Crippen molar-refractivity contribution >= 4 is 24.2 Å². The minimum atomic E-state index is -0.204. The van der Waals surface area contributed by atoms with Gasteiger partial charge in [0.15, 0.2) is 0 Å². The Bertz CT molecular complexity index is 1270. The number of amides is 2. The third-order valence-electron chi connectivity index (χ3n) is 9.31. The summed E-state index contributed by atoms with van der Waals surface area (Å²) in [5.74, 6) is 1.39. The highest BCUT2D eigenvalue weighted by atomic mass is 35.5. The van der Waals surface area contributed by atoms with Crippen LogP contribution in [-0.4, -0.2) is 75.6 Å². The number of likely N-dealkylation sites (tertiary alicyclic amines) is 3. The van der Waals surface area contributed by atoms with Gasteiger partial charge in [0.2, 0.25) is 11.8 Å². The lowest BCUT2D eigenvalue weighted by molar-refractivity contribution is -0.139. The van der Waals surface area contributed by atoms with E-state index in [1.807, 2.05) is 23.9 Å². The minimum absolute atomic E-state index is 0. The summed E-state index contributed by atoms with van der Waals surface area (Å²) >= 11 is 0. The maximum atomic E-state index is 13.6. The lowest BCUT2D eigenvalue weighted by Crippen LogP contribution is -2.46.